The molecule has 0 aliphatic carbocycles. The molecule has 7 heteroatoms. The molecule has 1 aliphatic heterocycles. The highest BCUT2D eigenvalue weighted by molar-refractivity contribution is 7.17. The van der Waals surface area contributed by atoms with E-state index in [2.05, 4.69) is 39.9 Å². The Bertz CT molecular complexity index is 1240. The Hall–Kier alpha value is -2.96. The number of carbonyl (C=O) groups is 1. The van der Waals surface area contributed by atoms with Crippen molar-refractivity contribution in [3.63, 3.8) is 0 Å². The van der Waals surface area contributed by atoms with Crippen molar-refractivity contribution in [2.24, 2.45) is 5.92 Å². The second-order valence-electron chi connectivity index (χ2n) is 8.14. The Morgan fingerprint density at radius 1 is 1.06 bits per heavy atom. The van der Waals surface area contributed by atoms with Crippen LogP contribution in [0.5, 0.6) is 0 Å². The average molecular weight is 482 g/mol. The summed E-state index contributed by atoms with van der Waals surface area (Å²) in [6, 6.07) is 20.9. The third-order valence-electron chi connectivity index (χ3n) is 6.02. The zero-order valence-corrected chi connectivity index (χ0v) is 19.7. The fourth-order valence-corrected chi connectivity index (χ4v) is 5.17. The third-order valence-corrected chi connectivity index (χ3v) is 6.95. The first-order chi connectivity index (χ1) is 15.7. The van der Waals surface area contributed by atoms with Crippen LogP contribution < -0.4 is 10.2 Å². The van der Waals surface area contributed by atoms with Gasteiger partial charge in [-0.3, -0.25) is 4.79 Å². The molecule has 1 N–H and O–H groups in total. The first-order valence-electron chi connectivity index (χ1n) is 10.9. The Kier molecular flexibility index (Phi) is 7.26. The highest BCUT2D eigenvalue weighted by Gasteiger charge is 2.26. The zero-order valence-electron chi connectivity index (χ0n) is 18.0. The number of piperidine rings is 1. The molecule has 0 saturated carbocycles. The summed E-state index contributed by atoms with van der Waals surface area (Å²) in [7, 11) is 0. The molecular weight excluding hydrogens is 457 g/mol. The van der Waals surface area contributed by atoms with Crippen molar-refractivity contribution in [2.45, 2.75) is 19.4 Å². The molecule has 4 aromatic rings. The fourth-order valence-electron chi connectivity index (χ4n) is 4.29. The topological polar surface area (TPSA) is 45.2 Å². The second-order valence-corrected chi connectivity index (χ2v) is 9.05. The van der Waals surface area contributed by atoms with Crippen molar-refractivity contribution in [1.82, 2.24) is 10.3 Å². The van der Waals surface area contributed by atoms with Crippen LogP contribution in [0.3, 0.4) is 0 Å². The van der Waals surface area contributed by atoms with Crippen molar-refractivity contribution >= 4 is 45.6 Å². The lowest BCUT2D eigenvalue weighted by Crippen LogP contribution is -2.40. The summed E-state index contributed by atoms with van der Waals surface area (Å²) in [6.07, 6.45) is 1.59. The molecule has 0 spiro atoms. The van der Waals surface area contributed by atoms with Crippen molar-refractivity contribution in [2.75, 3.05) is 18.0 Å². The smallest absolute Gasteiger partial charge is 0.223 e. The van der Waals surface area contributed by atoms with Gasteiger partial charge in [-0.05, 0) is 48.1 Å². The van der Waals surface area contributed by atoms with Gasteiger partial charge in [0.15, 0.2) is 0 Å². The van der Waals surface area contributed by atoms with E-state index in [1.165, 1.54) is 22.5 Å². The quantitative estimate of drug-likeness (QED) is 0.377. The summed E-state index contributed by atoms with van der Waals surface area (Å²) in [5, 5.41) is 5.06. The number of aromatic nitrogens is 1. The number of hydrogen-bond acceptors (Lipinski definition) is 4. The van der Waals surface area contributed by atoms with Crippen LogP contribution >= 0.6 is 23.7 Å². The van der Waals surface area contributed by atoms with Gasteiger partial charge in [0.2, 0.25) is 5.91 Å². The third kappa shape index (κ3) is 5.18. The maximum Gasteiger partial charge on any atom is 0.223 e. The number of carbonyl (C=O) groups excluding carboxylic acids is 1. The number of thiophene rings is 1. The zero-order chi connectivity index (χ0) is 21.9. The van der Waals surface area contributed by atoms with Gasteiger partial charge in [0.25, 0.3) is 0 Å². The molecule has 0 atom stereocenters. The van der Waals surface area contributed by atoms with E-state index in [0.717, 1.165) is 48.3 Å². The minimum absolute atomic E-state index is 0. The van der Waals surface area contributed by atoms with Gasteiger partial charge in [0, 0.05) is 31.1 Å². The second kappa shape index (κ2) is 10.3. The Morgan fingerprint density at radius 3 is 2.61 bits per heavy atom. The fraction of sp³-hybridized carbons (Fsp3) is 0.231. The molecule has 5 rings (SSSR count). The van der Waals surface area contributed by atoms with E-state index in [-0.39, 0.29) is 30.0 Å². The van der Waals surface area contributed by atoms with Crippen molar-refractivity contribution in [3.8, 4) is 11.3 Å². The summed E-state index contributed by atoms with van der Waals surface area (Å²) in [6.45, 7) is 2.00. The van der Waals surface area contributed by atoms with E-state index in [4.69, 9.17) is 4.98 Å². The van der Waals surface area contributed by atoms with E-state index in [1.807, 2.05) is 24.3 Å². The summed E-state index contributed by atoms with van der Waals surface area (Å²) in [4.78, 5) is 19.9. The van der Waals surface area contributed by atoms with Gasteiger partial charge in [-0.1, -0.05) is 42.5 Å². The highest BCUT2D eigenvalue weighted by Crippen LogP contribution is 2.36. The van der Waals surface area contributed by atoms with Gasteiger partial charge in [0.05, 0.1) is 21.6 Å². The predicted molar refractivity (Wildman–Crippen MR) is 135 cm³/mol. The highest BCUT2D eigenvalue weighted by atomic mass is 35.5. The van der Waals surface area contributed by atoms with Crippen molar-refractivity contribution in [3.05, 3.63) is 83.5 Å². The van der Waals surface area contributed by atoms with Crippen LogP contribution in [-0.4, -0.2) is 24.0 Å². The van der Waals surface area contributed by atoms with E-state index in [0.29, 0.717) is 6.54 Å². The van der Waals surface area contributed by atoms with Crippen LogP contribution in [0.4, 0.5) is 10.1 Å². The van der Waals surface area contributed by atoms with E-state index >= 15 is 0 Å². The van der Waals surface area contributed by atoms with E-state index < -0.39 is 0 Å². The Morgan fingerprint density at radius 2 is 1.85 bits per heavy atom. The Balaban J connectivity index is 0.00000259. The first-order valence-corrected chi connectivity index (χ1v) is 11.8. The molecule has 3 heterocycles. The lowest BCUT2D eigenvalue weighted by atomic mass is 9.95. The molecule has 33 heavy (non-hydrogen) atoms. The molecule has 2 aromatic heterocycles. The first kappa shape index (κ1) is 23.2. The Labute approximate surface area is 202 Å². The number of nitrogens with one attached hydrogen (secondary N) is 1. The maximum absolute atomic E-state index is 13.4. The van der Waals surface area contributed by atoms with Gasteiger partial charge in [-0.25, -0.2) is 9.37 Å². The molecule has 1 amide bonds. The van der Waals surface area contributed by atoms with Crippen molar-refractivity contribution < 1.29 is 9.18 Å². The molecule has 1 fully saturated rings. The summed E-state index contributed by atoms with van der Waals surface area (Å²) < 4.78 is 14.5. The SMILES string of the molecule is Cl.O=C(NCc1cccc(F)c1)C1CCN(c2cc(-c3ccccc3)nc3ccsc23)CC1. The number of nitrogens with zero attached hydrogens (tertiary/aromatic N) is 2. The standard InChI is InChI=1S/C26H24FN3OS.ClH/c27-21-8-4-5-18(15-21)17-28-26(31)20-9-12-30(13-10-20)24-16-23(19-6-2-1-3-7-19)29-22-11-14-32-25(22)24;/h1-8,11,14-16,20H,9-10,12-13,17H2,(H,28,31);1H. The largest absolute Gasteiger partial charge is 0.370 e. The molecule has 1 aliphatic rings. The molecule has 0 bridgehead atoms. The van der Waals surface area contributed by atoms with Gasteiger partial charge in [-0.15, -0.1) is 23.7 Å². The predicted octanol–water partition coefficient (Wildman–Crippen LogP) is 6.06. The van der Waals surface area contributed by atoms with Gasteiger partial charge in [0.1, 0.15) is 5.82 Å². The lowest BCUT2D eigenvalue weighted by Gasteiger charge is -2.33. The van der Waals surface area contributed by atoms with Crippen LogP contribution in [0.15, 0.2) is 72.1 Å². The average Bonchev–Trinajstić information content (AvgIpc) is 3.31. The molecule has 4 nitrogen and oxygen atoms in total. The molecule has 0 unspecified atom stereocenters. The monoisotopic (exact) mass is 481 g/mol. The number of hydrogen-bond donors (Lipinski definition) is 1. The molecular formula is C26H25ClFN3OS. The maximum atomic E-state index is 13.4. The van der Waals surface area contributed by atoms with Crippen LogP contribution in [0.1, 0.15) is 18.4 Å². The number of rotatable bonds is 5. The number of halogens is 2. The van der Waals surface area contributed by atoms with Crippen LogP contribution in [-0.2, 0) is 11.3 Å². The minimum atomic E-state index is -0.280. The molecule has 170 valence electrons. The van der Waals surface area contributed by atoms with Crippen LogP contribution in [0, 0.1) is 11.7 Å². The number of amides is 1. The van der Waals surface area contributed by atoms with E-state index in [1.54, 1.807) is 17.4 Å². The normalized spacial score (nSPS) is 14.2. The van der Waals surface area contributed by atoms with Gasteiger partial charge in [-0.2, -0.15) is 0 Å². The molecule has 0 radical (unpaired) electrons. The lowest BCUT2D eigenvalue weighted by molar-refractivity contribution is -0.125. The number of fused-ring (bicyclic) bond motifs is 1. The summed E-state index contributed by atoms with van der Waals surface area (Å²) >= 11 is 1.71. The van der Waals surface area contributed by atoms with Gasteiger partial charge >= 0.3 is 0 Å². The molecule has 1 saturated heterocycles. The summed E-state index contributed by atoms with van der Waals surface area (Å²) in [5.41, 5.74) is 5.07. The number of benzene rings is 2. The summed E-state index contributed by atoms with van der Waals surface area (Å²) in [5.74, 6) is -0.249. The molecule has 2 aromatic carbocycles. The van der Waals surface area contributed by atoms with Gasteiger partial charge < -0.3 is 10.2 Å². The number of anilines is 1. The van der Waals surface area contributed by atoms with Crippen molar-refractivity contribution in [1.29, 1.82) is 0 Å². The van der Waals surface area contributed by atoms with Crippen LogP contribution in [0.2, 0.25) is 0 Å². The minimum Gasteiger partial charge on any atom is -0.370 e. The number of pyridine rings is 1. The van der Waals surface area contributed by atoms with Crippen LogP contribution in [0.25, 0.3) is 21.5 Å². The van der Waals surface area contributed by atoms with E-state index in [9.17, 15) is 9.18 Å².